The summed E-state index contributed by atoms with van der Waals surface area (Å²) < 4.78 is 28.0. The molecule has 1 aromatic heterocycles. The first kappa shape index (κ1) is 16.3. The topological polar surface area (TPSA) is 93.6 Å². The molecule has 1 aromatic carbocycles. The van der Waals surface area contributed by atoms with Crippen molar-refractivity contribution in [2.24, 2.45) is 5.14 Å². The number of rotatable bonds is 4. The molecule has 1 atom stereocenters. The van der Waals surface area contributed by atoms with Gasteiger partial charge in [-0.2, -0.15) is 0 Å². The predicted molar refractivity (Wildman–Crippen MR) is 81.8 cm³/mol. The number of hydrogen-bond acceptors (Lipinski definition) is 4. The minimum Gasteiger partial charge on any atom is -0.469 e. The van der Waals surface area contributed by atoms with Gasteiger partial charge in [0.2, 0.25) is 10.0 Å². The van der Waals surface area contributed by atoms with Gasteiger partial charge in [-0.05, 0) is 37.6 Å². The van der Waals surface area contributed by atoms with E-state index in [0.29, 0.717) is 16.9 Å². The van der Waals surface area contributed by atoms with Gasteiger partial charge in [0.05, 0.1) is 22.8 Å². The van der Waals surface area contributed by atoms with E-state index in [1.807, 2.05) is 6.92 Å². The molecule has 2 N–H and O–H groups in total. The molecule has 0 radical (unpaired) electrons. The molecule has 0 saturated carbocycles. The van der Waals surface area contributed by atoms with Gasteiger partial charge >= 0.3 is 0 Å². The van der Waals surface area contributed by atoms with Crippen LogP contribution in [0.25, 0.3) is 0 Å². The fourth-order valence-corrected chi connectivity index (χ4v) is 2.72. The molecular formula is C15H18N2O4S. The summed E-state index contributed by atoms with van der Waals surface area (Å²) in [6.07, 6.45) is 1.46. The molecule has 1 amide bonds. The lowest BCUT2D eigenvalue weighted by molar-refractivity contribution is 0.0740. The first-order chi connectivity index (χ1) is 10.2. The van der Waals surface area contributed by atoms with Crippen LogP contribution in [0.3, 0.4) is 0 Å². The van der Waals surface area contributed by atoms with Gasteiger partial charge < -0.3 is 9.32 Å². The van der Waals surface area contributed by atoms with E-state index in [9.17, 15) is 13.2 Å². The number of furan rings is 1. The molecule has 0 bridgehead atoms. The van der Waals surface area contributed by atoms with Crippen LogP contribution in [-0.4, -0.2) is 26.3 Å². The number of nitrogens with two attached hydrogens (primary N) is 1. The summed E-state index contributed by atoms with van der Waals surface area (Å²) in [5.41, 5.74) is 1.17. The number of nitrogens with zero attached hydrogens (tertiary/aromatic N) is 1. The van der Waals surface area contributed by atoms with Gasteiger partial charge in [0.1, 0.15) is 5.76 Å². The van der Waals surface area contributed by atoms with Crippen LogP contribution in [-0.2, 0) is 10.0 Å². The van der Waals surface area contributed by atoms with Crippen molar-refractivity contribution in [2.75, 3.05) is 7.05 Å². The second-order valence-corrected chi connectivity index (χ2v) is 6.66. The maximum absolute atomic E-state index is 12.4. The molecule has 118 valence electrons. The van der Waals surface area contributed by atoms with Crippen molar-refractivity contribution >= 4 is 15.9 Å². The van der Waals surface area contributed by atoms with Crippen LogP contribution < -0.4 is 5.14 Å². The lowest BCUT2D eigenvalue weighted by Crippen LogP contribution is -2.30. The van der Waals surface area contributed by atoms with E-state index in [0.717, 1.165) is 0 Å². The second-order valence-electron chi connectivity index (χ2n) is 5.10. The summed E-state index contributed by atoms with van der Waals surface area (Å²) in [7, 11) is -2.12. The number of benzene rings is 1. The van der Waals surface area contributed by atoms with Crippen LogP contribution in [0.5, 0.6) is 0 Å². The van der Waals surface area contributed by atoms with E-state index in [2.05, 4.69) is 0 Å². The molecule has 0 aliphatic heterocycles. The highest BCUT2D eigenvalue weighted by Crippen LogP contribution is 2.24. The second kappa shape index (κ2) is 5.94. The molecular weight excluding hydrogens is 304 g/mol. The van der Waals surface area contributed by atoms with Gasteiger partial charge in [0, 0.05) is 7.05 Å². The smallest absolute Gasteiger partial charge is 0.257 e. The fraction of sp³-hybridized carbons (Fsp3) is 0.267. The van der Waals surface area contributed by atoms with Crippen LogP contribution in [0.15, 0.2) is 45.9 Å². The first-order valence-electron chi connectivity index (χ1n) is 6.66. The summed E-state index contributed by atoms with van der Waals surface area (Å²) >= 11 is 0. The van der Waals surface area contributed by atoms with Gasteiger partial charge in [0.15, 0.2) is 0 Å². The largest absolute Gasteiger partial charge is 0.469 e. The first-order valence-corrected chi connectivity index (χ1v) is 8.20. The molecule has 0 unspecified atom stereocenters. The minimum atomic E-state index is -3.77. The summed E-state index contributed by atoms with van der Waals surface area (Å²) in [5, 5.41) is 5.14. The van der Waals surface area contributed by atoms with E-state index >= 15 is 0 Å². The highest BCUT2D eigenvalue weighted by Gasteiger charge is 2.22. The number of aryl methyl sites for hydroxylation is 1. The molecule has 0 saturated heterocycles. The molecule has 1 heterocycles. The number of carbonyl (C=O) groups excluding carboxylic acids is 1. The van der Waals surface area contributed by atoms with Gasteiger partial charge in [-0.15, -0.1) is 0 Å². The Morgan fingerprint density at radius 1 is 1.32 bits per heavy atom. The van der Waals surface area contributed by atoms with Gasteiger partial charge in [0.25, 0.3) is 5.91 Å². The molecule has 0 fully saturated rings. The molecule has 22 heavy (non-hydrogen) atoms. The normalized spacial score (nSPS) is 12.9. The summed E-state index contributed by atoms with van der Waals surface area (Å²) in [4.78, 5) is 14.0. The van der Waals surface area contributed by atoms with Crippen molar-refractivity contribution in [3.05, 3.63) is 53.5 Å². The predicted octanol–water partition coefficient (Wildman–Crippen LogP) is 2.07. The number of amides is 1. The van der Waals surface area contributed by atoms with Gasteiger partial charge in [-0.3, -0.25) is 4.79 Å². The van der Waals surface area contributed by atoms with Crippen LogP contribution in [0.4, 0.5) is 0 Å². The Morgan fingerprint density at radius 2 is 2.00 bits per heavy atom. The van der Waals surface area contributed by atoms with Crippen molar-refractivity contribution < 1.29 is 17.6 Å². The number of primary sulfonamides is 1. The molecule has 0 aliphatic rings. The average Bonchev–Trinajstić information content (AvgIpc) is 2.90. The monoisotopic (exact) mass is 322 g/mol. The highest BCUT2D eigenvalue weighted by molar-refractivity contribution is 7.89. The lowest BCUT2D eigenvalue weighted by Gasteiger charge is -2.25. The summed E-state index contributed by atoms with van der Waals surface area (Å²) in [5.74, 6) is 0.349. The molecule has 0 aliphatic carbocycles. The molecule has 2 rings (SSSR count). The maximum Gasteiger partial charge on any atom is 0.257 e. The zero-order valence-electron chi connectivity index (χ0n) is 12.6. The maximum atomic E-state index is 12.4. The quantitative estimate of drug-likeness (QED) is 0.932. The third-order valence-corrected chi connectivity index (χ3v) is 4.57. The van der Waals surface area contributed by atoms with E-state index in [-0.39, 0.29) is 16.8 Å². The molecule has 0 spiro atoms. The zero-order chi connectivity index (χ0) is 16.5. The van der Waals surface area contributed by atoms with Crippen LogP contribution in [0.1, 0.15) is 34.6 Å². The summed E-state index contributed by atoms with van der Waals surface area (Å²) in [6.45, 7) is 3.53. The average molecular weight is 322 g/mol. The standard InChI is InChI=1S/C15H18N2O4S/c1-10(12-5-4-6-13(9-12)22(16,19)20)17(3)15(18)14-7-8-21-11(14)2/h4-10H,1-3H3,(H2,16,19,20)/t10-/m1/s1. The van der Waals surface area contributed by atoms with E-state index in [1.54, 1.807) is 32.2 Å². The van der Waals surface area contributed by atoms with Crippen molar-refractivity contribution in [2.45, 2.75) is 24.8 Å². The Hall–Kier alpha value is -2.12. The van der Waals surface area contributed by atoms with Crippen LogP contribution >= 0.6 is 0 Å². The summed E-state index contributed by atoms with van der Waals surface area (Å²) in [6, 6.07) is 7.56. The Balaban J connectivity index is 2.30. The van der Waals surface area contributed by atoms with Crippen molar-refractivity contribution in [1.82, 2.24) is 4.90 Å². The highest BCUT2D eigenvalue weighted by atomic mass is 32.2. The van der Waals surface area contributed by atoms with E-state index in [1.165, 1.54) is 23.3 Å². The third kappa shape index (κ3) is 3.20. The van der Waals surface area contributed by atoms with Gasteiger partial charge in [-0.25, -0.2) is 13.6 Å². The number of sulfonamides is 1. The van der Waals surface area contributed by atoms with Crippen molar-refractivity contribution in [3.8, 4) is 0 Å². The van der Waals surface area contributed by atoms with Gasteiger partial charge in [-0.1, -0.05) is 12.1 Å². The van der Waals surface area contributed by atoms with Crippen molar-refractivity contribution in [1.29, 1.82) is 0 Å². The number of hydrogen-bond donors (Lipinski definition) is 1. The molecule has 2 aromatic rings. The van der Waals surface area contributed by atoms with E-state index in [4.69, 9.17) is 9.56 Å². The third-order valence-electron chi connectivity index (χ3n) is 3.66. The van der Waals surface area contributed by atoms with Crippen LogP contribution in [0, 0.1) is 6.92 Å². The Bertz CT molecular complexity index is 795. The Morgan fingerprint density at radius 3 is 2.55 bits per heavy atom. The Kier molecular flexibility index (Phi) is 4.39. The molecule has 6 nitrogen and oxygen atoms in total. The van der Waals surface area contributed by atoms with E-state index < -0.39 is 10.0 Å². The SMILES string of the molecule is Cc1occc1C(=O)N(C)[C@H](C)c1cccc(S(N)(=O)=O)c1. The Labute approximate surface area is 129 Å². The van der Waals surface area contributed by atoms with Crippen LogP contribution in [0.2, 0.25) is 0 Å². The fourth-order valence-electron chi connectivity index (χ4n) is 2.15. The lowest BCUT2D eigenvalue weighted by atomic mass is 10.1. The zero-order valence-corrected chi connectivity index (χ0v) is 13.4. The minimum absolute atomic E-state index is 0.0252. The molecule has 7 heteroatoms. The van der Waals surface area contributed by atoms with Crippen molar-refractivity contribution in [3.63, 3.8) is 0 Å². The number of carbonyl (C=O) groups is 1.